The molecule has 0 spiro atoms. The van der Waals surface area contributed by atoms with Gasteiger partial charge in [-0.2, -0.15) is 0 Å². The lowest BCUT2D eigenvalue weighted by Crippen LogP contribution is -2.31. The first kappa shape index (κ1) is 14.1. The molecule has 2 heteroatoms. The molecule has 19 heavy (non-hydrogen) atoms. The molecule has 0 atom stereocenters. The van der Waals surface area contributed by atoms with Gasteiger partial charge in [0.15, 0.2) is 0 Å². The first-order valence-corrected chi connectivity index (χ1v) is 7.06. The maximum atomic E-state index is 9.51. The van der Waals surface area contributed by atoms with E-state index in [1.54, 1.807) is 5.57 Å². The zero-order chi connectivity index (χ0) is 14.0. The summed E-state index contributed by atoms with van der Waals surface area (Å²) in [5, 5.41) is 9.51. The molecule has 1 aromatic rings. The van der Waals surface area contributed by atoms with Gasteiger partial charge in [0.1, 0.15) is 0 Å². The summed E-state index contributed by atoms with van der Waals surface area (Å²) in [7, 11) is 0. The van der Waals surface area contributed by atoms with E-state index in [2.05, 4.69) is 56.9 Å². The Bertz CT molecular complexity index is 483. The Morgan fingerprint density at radius 2 is 2.00 bits per heavy atom. The van der Waals surface area contributed by atoms with Crippen molar-refractivity contribution in [2.24, 2.45) is 5.41 Å². The molecule has 0 bridgehead atoms. The largest absolute Gasteiger partial charge is 0.392 e. The summed E-state index contributed by atoms with van der Waals surface area (Å²) in [6.45, 7) is 11.0. The molecule has 1 heterocycles. The molecule has 0 aromatic heterocycles. The summed E-state index contributed by atoms with van der Waals surface area (Å²) >= 11 is 0. The molecule has 104 valence electrons. The number of aliphatic hydroxyl groups is 1. The lowest BCUT2D eigenvalue weighted by molar-refractivity contribution is 0.282. The van der Waals surface area contributed by atoms with Gasteiger partial charge in [-0.3, -0.25) is 0 Å². The highest BCUT2D eigenvalue weighted by atomic mass is 16.3. The molecule has 0 saturated heterocycles. The second-order valence-electron chi connectivity index (χ2n) is 6.47. The molecule has 1 aromatic carbocycles. The highest BCUT2D eigenvalue weighted by molar-refractivity contribution is 5.56. The molecule has 0 fully saturated rings. The highest BCUT2D eigenvalue weighted by Crippen LogP contribution is 2.32. The SMILES string of the molecule is Cc1ccc(N2CC=C(C(C)(C)C)CC2)c(CO)c1. The van der Waals surface area contributed by atoms with Crippen molar-refractivity contribution in [1.29, 1.82) is 0 Å². The Morgan fingerprint density at radius 3 is 2.53 bits per heavy atom. The molecule has 0 saturated carbocycles. The van der Waals surface area contributed by atoms with Gasteiger partial charge >= 0.3 is 0 Å². The number of anilines is 1. The quantitative estimate of drug-likeness (QED) is 0.819. The summed E-state index contributed by atoms with van der Waals surface area (Å²) in [4.78, 5) is 2.36. The first-order chi connectivity index (χ1) is 8.91. The van der Waals surface area contributed by atoms with E-state index < -0.39 is 0 Å². The molecule has 1 aliphatic rings. The van der Waals surface area contributed by atoms with Gasteiger partial charge in [-0.15, -0.1) is 0 Å². The monoisotopic (exact) mass is 259 g/mol. The van der Waals surface area contributed by atoms with Crippen LogP contribution in [0, 0.1) is 12.3 Å². The predicted octanol–water partition coefficient (Wildman–Crippen LogP) is 3.67. The zero-order valence-corrected chi connectivity index (χ0v) is 12.5. The minimum absolute atomic E-state index is 0.114. The molecule has 0 unspecified atom stereocenters. The molecular formula is C17H25NO. The standard InChI is InChI=1S/C17H25NO/c1-13-5-6-16(14(11-13)12-19)18-9-7-15(8-10-18)17(2,3)4/h5-7,11,19H,8-10,12H2,1-4H3. The van der Waals surface area contributed by atoms with Crippen molar-refractivity contribution < 1.29 is 5.11 Å². The molecule has 0 aliphatic carbocycles. The van der Waals surface area contributed by atoms with E-state index >= 15 is 0 Å². The van der Waals surface area contributed by atoms with Crippen LogP contribution in [-0.2, 0) is 6.61 Å². The molecule has 1 aliphatic heterocycles. The van der Waals surface area contributed by atoms with Crippen LogP contribution in [0.1, 0.15) is 38.3 Å². The Kier molecular flexibility index (Phi) is 4.00. The van der Waals surface area contributed by atoms with Crippen LogP contribution in [0.3, 0.4) is 0 Å². The molecular weight excluding hydrogens is 234 g/mol. The van der Waals surface area contributed by atoms with Crippen LogP contribution in [0.25, 0.3) is 0 Å². The Balaban J connectivity index is 2.20. The third-order valence-electron chi connectivity index (χ3n) is 3.92. The molecule has 0 radical (unpaired) electrons. The zero-order valence-electron chi connectivity index (χ0n) is 12.5. The van der Waals surface area contributed by atoms with Gasteiger partial charge in [0, 0.05) is 24.3 Å². The fourth-order valence-electron chi connectivity index (χ4n) is 2.72. The lowest BCUT2D eigenvalue weighted by atomic mass is 9.83. The maximum absolute atomic E-state index is 9.51. The van der Waals surface area contributed by atoms with Crippen molar-refractivity contribution in [3.63, 3.8) is 0 Å². The number of benzene rings is 1. The van der Waals surface area contributed by atoms with Gasteiger partial charge in [0.25, 0.3) is 0 Å². The fourth-order valence-corrected chi connectivity index (χ4v) is 2.72. The summed E-state index contributed by atoms with van der Waals surface area (Å²) in [5.41, 5.74) is 5.24. The van der Waals surface area contributed by atoms with Crippen LogP contribution < -0.4 is 4.90 Å². The molecule has 1 N–H and O–H groups in total. The van der Waals surface area contributed by atoms with Gasteiger partial charge in [0.2, 0.25) is 0 Å². The van der Waals surface area contributed by atoms with Crippen LogP contribution in [0.15, 0.2) is 29.8 Å². The molecule has 2 nitrogen and oxygen atoms in total. The number of rotatable bonds is 2. The van der Waals surface area contributed by atoms with Crippen molar-refractivity contribution in [1.82, 2.24) is 0 Å². The van der Waals surface area contributed by atoms with Crippen molar-refractivity contribution in [2.45, 2.75) is 40.7 Å². The predicted molar refractivity (Wildman–Crippen MR) is 81.5 cm³/mol. The summed E-state index contributed by atoms with van der Waals surface area (Å²) in [6, 6.07) is 6.34. The van der Waals surface area contributed by atoms with Crippen molar-refractivity contribution >= 4 is 5.69 Å². The van der Waals surface area contributed by atoms with E-state index in [0.29, 0.717) is 0 Å². The minimum Gasteiger partial charge on any atom is -0.392 e. The van der Waals surface area contributed by atoms with E-state index in [-0.39, 0.29) is 12.0 Å². The van der Waals surface area contributed by atoms with Gasteiger partial charge in [-0.05, 0) is 24.8 Å². The lowest BCUT2D eigenvalue weighted by Gasteiger charge is -2.34. The van der Waals surface area contributed by atoms with Crippen LogP contribution in [0.4, 0.5) is 5.69 Å². The van der Waals surface area contributed by atoms with Crippen LogP contribution in [0.2, 0.25) is 0 Å². The van der Waals surface area contributed by atoms with E-state index in [9.17, 15) is 5.11 Å². The van der Waals surface area contributed by atoms with Crippen LogP contribution in [0.5, 0.6) is 0 Å². The number of nitrogens with zero attached hydrogens (tertiary/aromatic N) is 1. The topological polar surface area (TPSA) is 23.5 Å². The third-order valence-corrected chi connectivity index (χ3v) is 3.92. The highest BCUT2D eigenvalue weighted by Gasteiger charge is 2.22. The smallest absolute Gasteiger partial charge is 0.0702 e. The summed E-state index contributed by atoms with van der Waals surface area (Å²) in [5.74, 6) is 0. The van der Waals surface area contributed by atoms with E-state index in [1.165, 1.54) is 11.3 Å². The summed E-state index contributed by atoms with van der Waals surface area (Å²) in [6.07, 6.45) is 3.47. The number of hydrogen-bond donors (Lipinski definition) is 1. The van der Waals surface area contributed by atoms with Crippen molar-refractivity contribution in [3.05, 3.63) is 41.0 Å². The maximum Gasteiger partial charge on any atom is 0.0702 e. The van der Waals surface area contributed by atoms with Gasteiger partial charge < -0.3 is 10.0 Å². The van der Waals surface area contributed by atoms with Crippen molar-refractivity contribution in [3.8, 4) is 0 Å². The van der Waals surface area contributed by atoms with E-state index in [1.807, 2.05) is 0 Å². The average Bonchev–Trinajstić information content (AvgIpc) is 2.37. The van der Waals surface area contributed by atoms with Gasteiger partial charge in [-0.25, -0.2) is 0 Å². The minimum atomic E-state index is 0.114. The Morgan fingerprint density at radius 1 is 1.26 bits per heavy atom. The van der Waals surface area contributed by atoms with Gasteiger partial charge in [-0.1, -0.05) is 50.1 Å². The number of aliphatic hydroxyl groups excluding tert-OH is 1. The van der Waals surface area contributed by atoms with Gasteiger partial charge in [0.05, 0.1) is 6.61 Å². The van der Waals surface area contributed by atoms with Crippen molar-refractivity contribution in [2.75, 3.05) is 18.0 Å². The summed E-state index contributed by atoms with van der Waals surface area (Å²) < 4.78 is 0. The number of hydrogen-bond acceptors (Lipinski definition) is 2. The second kappa shape index (κ2) is 5.38. The fraction of sp³-hybridized carbons (Fsp3) is 0.529. The number of aryl methyl sites for hydroxylation is 1. The van der Waals surface area contributed by atoms with Crippen LogP contribution >= 0.6 is 0 Å². The van der Waals surface area contributed by atoms with Crippen LogP contribution in [-0.4, -0.2) is 18.2 Å². The van der Waals surface area contributed by atoms with E-state index in [4.69, 9.17) is 0 Å². The molecule has 2 rings (SSSR count). The van der Waals surface area contributed by atoms with E-state index in [0.717, 1.165) is 25.1 Å². The molecule has 0 amide bonds. The Hall–Kier alpha value is -1.28. The third kappa shape index (κ3) is 3.19. The normalized spacial score (nSPS) is 16.5. The average molecular weight is 259 g/mol. The first-order valence-electron chi connectivity index (χ1n) is 7.06. The second-order valence-corrected chi connectivity index (χ2v) is 6.47. The Labute approximate surface area is 116 Å².